The number of benzene rings is 1. The van der Waals surface area contributed by atoms with Gasteiger partial charge in [-0.25, -0.2) is 0 Å². The second-order valence-electron chi connectivity index (χ2n) is 7.00. The Labute approximate surface area is 146 Å². The van der Waals surface area contributed by atoms with E-state index in [-0.39, 0.29) is 10.6 Å². The maximum Gasteiger partial charge on any atom is 0.269 e. The van der Waals surface area contributed by atoms with Gasteiger partial charge in [0.05, 0.1) is 4.92 Å². The largest absolute Gasteiger partial charge is 0.371 e. The number of nitro groups is 1. The summed E-state index contributed by atoms with van der Waals surface area (Å²) in [7, 11) is 0. The molecule has 2 aliphatic heterocycles. The third-order valence-corrected chi connectivity index (χ3v) is 5.35. The minimum absolute atomic E-state index is 0.139. The lowest BCUT2D eigenvalue weighted by Crippen LogP contribution is -2.35. The van der Waals surface area contributed by atoms with E-state index >= 15 is 0 Å². The summed E-state index contributed by atoms with van der Waals surface area (Å²) in [5, 5.41) is 19.8. The maximum absolute atomic E-state index is 10.8. The van der Waals surface area contributed by atoms with Gasteiger partial charge in [-0.1, -0.05) is 6.42 Å². The summed E-state index contributed by atoms with van der Waals surface area (Å²) in [6.45, 7) is 2.91. The maximum atomic E-state index is 10.8. The molecule has 1 unspecified atom stereocenters. The predicted octanol–water partition coefficient (Wildman–Crippen LogP) is 3.30. The summed E-state index contributed by atoms with van der Waals surface area (Å²) >= 11 is 0. The third-order valence-electron chi connectivity index (χ3n) is 5.35. The molecule has 0 bridgehead atoms. The van der Waals surface area contributed by atoms with Gasteiger partial charge in [0.2, 0.25) is 0 Å². The van der Waals surface area contributed by atoms with Crippen molar-refractivity contribution >= 4 is 11.4 Å². The molecule has 3 heterocycles. The number of hydrogen-bond acceptors (Lipinski definition) is 5. The second kappa shape index (κ2) is 6.82. The van der Waals surface area contributed by atoms with Gasteiger partial charge in [-0.05, 0) is 37.8 Å². The van der Waals surface area contributed by atoms with Crippen LogP contribution in [-0.2, 0) is 13.0 Å². The van der Waals surface area contributed by atoms with Gasteiger partial charge in [-0.2, -0.15) is 0 Å². The van der Waals surface area contributed by atoms with Crippen molar-refractivity contribution in [3.05, 3.63) is 46.0 Å². The molecule has 1 aromatic carbocycles. The molecule has 1 fully saturated rings. The molecule has 132 valence electrons. The first-order valence-corrected chi connectivity index (χ1v) is 9.14. The number of hydrogen-bond donors (Lipinski definition) is 0. The lowest BCUT2D eigenvalue weighted by atomic mass is 9.96. The van der Waals surface area contributed by atoms with Crippen molar-refractivity contribution in [2.24, 2.45) is 0 Å². The summed E-state index contributed by atoms with van der Waals surface area (Å²) in [4.78, 5) is 12.8. The van der Waals surface area contributed by atoms with Gasteiger partial charge in [-0.3, -0.25) is 10.1 Å². The Hall–Kier alpha value is -2.44. The van der Waals surface area contributed by atoms with Crippen LogP contribution < -0.4 is 4.90 Å². The van der Waals surface area contributed by atoms with Gasteiger partial charge in [-0.15, -0.1) is 10.2 Å². The number of nitro benzene ring substituents is 1. The number of aryl methyl sites for hydroxylation is 1. The Kier molecular flexibility index (Phi) is 4.38. The van der Waals surface area contributed by atoms with Gasteiger partial charge >= 0.3 is 0 Å². The van der Waals surface area contributed by atoms with Crippen molar-refractivity contribution in [3.63, 3.8) is 0 Å². The van der Waals surface area contributed by atoms with Crippen LogP contribution in [0.25, 0.3) is 0 Å². The van der Waals surface area contributed by atoms with E-state index in [1.165, 1.54) is 19.3 Å². The van der Waals surface area contributed by atoms with Crippen LogP contribution in [0.5, 0.6) is 0 Å². The van der Waals surface area contributed by atoms with E-state index in [9.17, 15) is 10.1 Å². The van der Waals surface area contributed by atoms with Crippen LogP contribution in [0.3, 0.4) is 0 Å². The number of piperidine rings is 1. The lowest BCUT2D eigenvalue weighted by Gasteiger charge is -2.34. The molecule has 0 aliphatic carbocycles. The molecule has 1 aromatic heterocycles. The van der Waals surface area contributed by atoms with Crippen LogP contribution in [0.4, 0.5) is 11.4 Å². The first kappa shape index (κ1) is 16.1. The van der Waals surface area contributed by atoms with Crippen molar-refractivity contribution in [3.8, 4) is 0 Å². The molecule has 0 N–H and O–H groups in total. The minimum atomic E-state index is -0.353. The molecular formula is C18H23N5O2. The van der Waals surface area contributed by atoms with Gasteiger partial charge in [0.1, 0.15) is 11.6 Å². The Morgan fingerprint density at radius 3 is 2.68 bits per heavy atom. The molecule has 0 saturated carbocycles. The quantitative estimate of drug-likeness (QED) is 0.632. The third kappa shape index (κ3) is 3.23. The van der Waals surface area contributed by atoms with Crippen LogP contribution in [0.2, 0.25) is 0 Å². The fraction of sp³-hybridized carbons (Fsp3) is 0.556. The first-order chi connectivity index (χ1) is 12.2. The molecular weight excluding hydrogens is 318 g/mol. The summed E-state index contributed by atoms with van der Waals surface area (Å²) in [5.41, 5.74) is 1.19. The second-order valence-corrected chi connectivity index (χ2v) is 7.00. The molecule has 2 aliphatic rings. The summed E-state index contributed by atoms with van der Waals surface area (Å²) in [5.74, 6) is 2.65. The smallest absolute Gasteiger partial charge is 0.269 e. The highest BCUT2D eigenvalue weighted by Gasteiger charge is 2.27. The normalized spacial score (nSPS) is 20.8. The van der Waals surface area contributed by atoms with Crippen LogP contribution in [0.1, 0.15) is 49.7 Å². The van der Waals surface area contributed by atoms with E-state index in [0.717, 1.165) is 56.2 Å². The van der Waals surface area contributed by atoms with Crippen molar-refractivity contribution < 1.29 is 4.92 Å². The van der Waals surface area contributed by atoms with Crippen LogP contribution in [0.15, 0.2) is 24.3 Å². The summed E-state index contributed by atoms with van der Waals surface area (Å²) in [6, 6.07) is 6.87. The Bertz CT molecular complexity index is 755. The lowest BCUT2D eigenvalue weighted by molar-refractivity contribution is -0.384. The number of non-ortho nitro benzene ring substituents is 1. The predicted molar refractivity (Wildman–Crippen MR) is 94.9 cm³/mol. The standard InChI is InChI=1S/C18H23N5O2/c24-23(25)16-9-7-15(8-10-16)21-11-4-5-14(13-21)18-20-19-17-6-2-1-3-12-22(17)18/h7-10,14H,1-6,11-13H2. The topological polar surface area (TPSA) is 77.1 Å². The van der Waals surface area contributed by atoms with Gasteiger partial charge in [0, 0.05) is 49.8 Å². The summed E-state index contributed by atoms with van der Waals surface area (Å²) in [6.07, 6.45) is 6.94. The van der Waals surface area contributed by atoms with Crippen molar-refractivity contribution in [1.82, 2.24) is 14.8 Å². The average molecular weight is 341 g/mol. The van der Waals surface area contributed by atoms with E-state index in [1.807, 2.05) is 12.1 Å². The summed E-state index contributed by atoms with van der Waals surface area (Å²) < 4.78 is 2.34. The molecule has 0 amide bonds. The minimum Gasteiger partial charge on any atom is -0.371 e. The van der Waals surface area contributed by atoms with Crippen LogP contribution in [-0.4, -0.2) is 32.8 Å². The molecule has 0 radical (unpaired) electrons. The Balaban J connectivity index is 1.53. The van der Waals surface area contributed by atoms with E-state index in [4.69, 9.17) is 0 Å². The number of fused-ring (bicyclic) bond motifs is 1. The molecule has 1 saturated heterocycles. The van der Waals surface area contributed by atoms with E-state index in [0.29, 0.717) is 5.92 Å². The highest BCUT2D eigenvalue weighted by Crippen LogP contribution is 2.31. The fourth-order valence-corrected chi connectivity index (χ4v) is 4.02. The number of aromatic nitrogens is 3. The zero-order valence-electron chi connectivity index (χ0n) is 14.3. The van der Waals surface area contributed by atoms with Crippen molar-refractivity contribution in [1.29, 1.82) is 0 Å². The number of rotatable bonds is 3. The molecule has 0 spiro atoms. The van der Waals surface area contributed by atoms with Gasteiger partial charge < -0.3 is 9.47 Å². The number of nitrogens with zero attached hydrogens (tertiary/aromatic N) is 5. The average Bonchev–Trinajstić information content (AvgIpc) is 2.90. The van der Waals surface area contributed by atoms with Crippen LogP contribution >= 0.6 is 0 Å². The Morgan fingerprint density at radius 2 is 1.88 bits per heavy atom. The van der Waals surface area contributed by atoms with E-state index in [2.05, 4.69) is 19.7 Å². The van der Waals surface area contributed by atoms with Gasteiger partial charge in [0.15, 0.2) is 0 Å². The molecule has 7 heteroatoms. The van der Waals surface area contributed by atoms with Crippen molar-refractivity contribution in [2.45, 2.75) is 51.0 Å². The fourth-order valence-electron chi connectivity index (χ4n) is 4.02. The first-order valence-electron chi connectivity index (χ1n) is 9.14. The van der Waals surface area contributed by atoms with E-state index in [1.54, 1.807) is 12.1 Å². The molecule has 25 heavy (non-hydrogen) atoms. The van der Waals surface area contributed by atoms with Gasteiger partial charge in [0.25, 0.3) is 5.69 Å². The molecule has 2 aromatic rings. The molecule has 1 atom stereocenters. The van der Waals surface area contributed by atoms with E-state index < -0.39 is 0 Å². The monoisotopic (exact) mass is 341 g/mol. The Morgan fingerprint density at radius 1 is 1.04 bits per heavy atom. The molecule has 4 rings (SSSR count). The van der Waals surface area contributed by atoms with Crippen LogP contribution in [0, 0.1) is 10.1 Å². The highest BCUT2D eigenvalue weighted by atomic mass is 16.6. The highest BCUT2D eigenvalue weighted by molar-refractivity contribution is 5.51. The number of anilines is 1. The molecule has 7 nitrogen and oxygen atoms in total. The zero-order chi connectivity index (χ0) is 17.2. The zero-order valence-corrected chi connectivity index (χ0v) is 14.3. The van der Waals surface area contributed by atoms with Crippen molar-refractivity contribution in [2.75, 3.05) is 18.0 Å². The SMILES string of the molecule is O=[N+]([O-])c1ccc(N2CCCC(c3nnc4n3CCCCC4)C2)cc1.